The first-order valence-corrected chi connectivity index (χ1v) is 5.49. The Labute approximate surface area is 105 Å². The number of carbonyl (C=O) groups is 1. The van der Waals surface area contributed by atoms with Gasteiger partial charge in [0.2, 0.25) is 5.88 Å². The molecule has 1 heterocycles. The molecule has 0 atom stereocenters. The molecule has 0 radical (unpaired) electrons. The normalized spacial score (nSPS) is 9.83. The fourth-order valence-electron chi connectivity index (χ4n) is 1.56. The maximum atomic E-state index is 10.6. The highest BCUT2D eigenvalue weighted by atomic mass is 16.5. The van der Waals surface area contributed by atoms with Gasteiger partial charge in [-0.15, -0.1) is 0 Å². The van der Waals surface area contributed by atoms with Gasteiger partial charge in [-0.2, -0.15) is 0 Å². The molecule has 2 aromatic rings. The Hall–Kier alpha value is -2.36. The summed E-state index contributed by atoms with van der Waals surface area (Å²) in [4.78, 5) is 14.7. The van der Waals surface area contributed by atoms with Gasteiger partial charge in [-0.05, 0) is 24.3 Å². The maximum absolute atomic E-state index is 10.6. The first-order valence-electron chi connectivity index (χ1n) is 5.49. The minimum atomic E-state index is 0.347. The van der Waals surface area contributed by atoms with E-state index in [0.717, 1.165) is 11.8 Å². The fourth-order valence-corrected chi connectivity index (χ4v) is 1.56. The average Bonchev–Trinajstić information content (AvgIpc) is 2.45. The summed E-state index contributed by atoms with van der Waals surface area (Å²) in [5, 5.41) is 0. The van der Waals surface area contributed by atoms with Crippen molar-refractivity contribution in [2.45, 2.75) is 6.61 Å². The number of ether oxygens (including phenoxy) is 2. The molecule has 1 aromatic heterocycles. The first kappa shape index (κ1) is 12.1. The molecule has 0 spiro atoms. The van der Waals surface area contributed by atoms with Crippen molar-refractivity contribution < 1.29 is 14.3 Å². The average molecular weight is 243 g/mol. The molecule has 4 heteroatoms. The van der Waals surface area contributed by atoms with Gasteiger partial charge < -0.3 is 9.47 Å². The van der Waals surface area contributed by atoms with E-state index in [1.54, 1.807) is 37.6 Å². The molecule has 18 heavy (non-hydrogen) atoms. The number of pyridine rings is 1. The monoisotopic (exact) mass is 243 g/mol. The molecular weight excluding hydrogens is 230 g/mol. The number of rotatable bonds is 5. The topological polar surface area (TPSA) is 48.4 Å². The Morgan fingerprint density at radius 3 is 2.94 bits per heavy atom. The second kappa shape index (κ2) is 5.82. The van der Waals surface area contributed by atoms with Gasteiger partial charge in [0, 0.05) is 11.8 Å². The standard InChI is InChI=1S/C14H13NO3/c1-17-14-12(5-3-7-15-14)10-18-13-6-2-4-11(8-13)9-16/h2-9H,10H2,1H3. The summed E-state index contributed by atoms with van der Waals surface area (Å²) in [6.45, 7) is 0.347. The lowest BCUT2D eigenvalue weighted by Crippen LogP contribution is -2.00. The minimum absolute atomic E-state index is 0.347. The van der Waals surface area contributed by atoms with Gasteiger partial charge in [-0.1, -0.05) is 12.1 Å². The van der Waals surface area contributed by atoms with Crippen LogP contribution in [-0.2, 0) is 6.61 Å². The van der Waals surface area contributed by atoms with Crippen LogP contribution < -0.4 is 9.47 Å². The SMILES string of the molecule is COc1ncccc1COc1cccc(C=O)c1. The van der Waals surface area contributed by atoms with Crippen molar-refractivity contribution in [3.8, 4) is 11.6 Å². The van der Waals surface area contributed by atoms with Crippen molar-refractivity contribution in [2.24, 2.45) is 0 Å². The predicted octanol–water partition coefficient (Wildman–Crippen LogP) is 2.48. The zero-order valence-corrected chi connectivity index (χ0v) is 10.00. The van der Waals surface area contributed by atoms with Crippen molar-refractivity contribution in [2.75, 3.05) is 7.11 Å². The van der Waals surface area contributed by atoms with Crippen molar-refractivity contribution in [3.63, 3.8) is 0 Å². The molecule has 2 rings (SSSR count). The number of hydrogen-bond acceptors (Lipinski definition) is 4. The van der Waals surface area contributed by atoms with Gasteiger partial charge in [-0.25, -0.2) is 4.98 Å². The third-order valence-electron chi connectivity index (χ3n) is 2.43. The number of hydrogen-bond donors (Lipinski definition) is 0. The smallest absolute Gasteiger partial charge is 0.219 e. The Morgan fingerprint density at radius 2 is 2.17 bits per heavy atom. The van der Waals surface area contributed by atoms with Gasteiger partial charge in [0.25, 0.3) is 0 Å². The summed E-state index contributed by atoms with van der Waals surface area (Å²) < 4.78 is 10.7. The maximum Gasteiger partial charge on any atom is 0.219 e. The van der Waals surface area contributed by atoms with Crippen LogP contribution in [0.15, 0.2) is 42.6 Å². The van der Waals surface area contributed by atoms with Crippen molar-refractivity contribution >= 4 is 6.29 Å². The van der Waals surface area contributed by atoms with Crippen LogP contribution in [0.3, 0.4) is 0 Å². The Bertz CT molecular complexity index is 540. The number of methoxy groups -OCH3 is 1. The number of nitrogens with zero attached hydrogens (tertiary/aromatic N) is 1. The molecule has 0 aliphatic carbocycles. The molecule has 0 unspecified atom stereocenters. The van der Waals surface area contributed by atoms with Crippen LogP contribution in [-0.4, -0.2) is 18.4 Å². The summed E-state index contributed by atoms with van der Waals surface area (Å²) in [5.41, 5.74) is 1.45. The molecule has 0 aliphatic heterocycles. The fraction of sp³-hybridized carbons (Fsp3) is 0.143. The molecule has 0 fully saturated rings. The molecule has 1 aromatic carbocycles. The lowest BCUT2D eigenvalue weighted by atomic mass is 10.2. The molecule has 0 aliphatic rings. The molecule has 0 bridgehead atoms. The second-order valence-corrected chi connectivity index (χ2v) is 3.65. The third kappa shape index (κ3) is 2.85. The lowest BCUT2D eigenvalue weighted by Gasteiger charge is -2.09. The summed E-state index contributed by atoms with van der Waals surface area (Å²) in [5.74, 6) is 1.19. The van der Waals surface area contributed by atoms with Crippen LogP contribution in [0.4, 0.5) is 0 Å². The highest BCUT2D eigenvalue weighted by molar-refractivity contribution is 5.75. The van der Waals surface area contributed by atoms with Gasteiger partial charge in [0.1, 0.15) is 18.6 Å². The number of aldehydes is 1. The highest BCUT2D eigenvalue weighted by Crippen LogP contribution is 2.18. The van der Waals surface area contributed by atoms with E-state index in [1.165, 1.54) is 0 Å². The number of aromatic nitrogens is 1. The molecule has 0 saturated heterocycles. The van der Waals surface area contributed by atoms with E-state index < -0.39 is 0 Å². The first-order chi connectivity index (χ1) is 8.83. The highest BCUT2D eigenvalue weighted by Gasteiger charge is 2.04. The zero-order valence-electron chi connectivity index (χ0n) is 10.00. The van der Waals surface area contributed by atoms with E-state index in [9.17, 15) is 4.79 Å². The van der Waals surface area contributed by atoms with Crippen molar-refractivity contribution in [1.82, 2.24) is 4.98 Å². The summed E-state index contributed by atoms with van der Waals surface area (Å²) in [6.07, 6.45) is 2.45. The second-order valence-electron chi connectivity index (χ2n) is 3.65. The minimum Gasteiger partial charge on any atom is -0.489 e. The van der Waals surface area contributed by atoms with E-state index in [-0.39, 0.29) is 0 Å². The van der Waals surface area contributed by atoms with Gasteiger partial charge >= 0.3 is 0 Å². The zero-order chi connectivity index (χ0) is 12.8. The number of carbonyl (C=O) groups excluding carboxylic acids is 1. The summed E-state index contributed by atoms with van der Waals surface area (Å²) >= 11 is 0. The van der Waals surface area contributed by atoms with Crippen molar-refractivity contribution in [1.29, 1.82) is 0 Å². The Morgan fingerprint density at radius 1 is 1.28 bits per heavy atom. The Kier molecular flexibility index (Phi) is 3.91. The predicted molar refractivity (Wildman–Crippen MR) is 67.0 cm³/mol. The van der Waals surface area contributed by atoms with Gasteiger partial charge in [0.05, 0.1) is 12.7 Å². The largest absolute Gasteiger partial charge is 0.489 e. The van der Waals surface area contributed by atoms with Crippen LogP contribution in [0, 0.1) is 0 Å². The van der Waals surface area contributed by atoms with E-state index >= 15 is 0 Å². The molecule has 0 amide bonds. The molecule has 92 valence electrons. The molecule has 4 nitrogen and oxygen atoms in total. The van der Waals surface area contributed by atoms with Crippen LogP contribution in [0.5, 0.6) is 11.6 Å². The van der Waals surface area contributed by atoms with E-state index in [4.69, 9.17) is 9.47 Å². The number of benzene rings is 1. The van der Waals surface area contributed by atoms with Crippen LogP contribution in [0.1, 0.15) is 15.9 Å². The van der Waals surface area contributed by atoms with Gasteiger partial charge in [-0.3, -0.25) is 4.79 Å². The summed E-state index contributed by atoms with van der Waals surface area (Å²) in [6, 6.07) is 10.7. The lowest BCUT2D eigenvalue weighted by molar-refractivity contribution is 0.112. The molecular formula is C14H13NO3. The van der Waals surface area contributed by atoms with Crippen LogP contribution in [0.2, 0.25) is 0 Å². The quantitative estimate of drug-likeness (QED) is 0.757. The third-order valence-corrected chi connectivity index (χ3v) is 2.43. The van der Waals surface area contributed by atoms with Gasteiger partial charge in [0.15, 0.2) is 0 Å². The van der Waals surface area contributed by atoms with E-state index in [1.807, 2.05) is 12.1 Å². The molecule has 0 saturated carbocycles. The van der Waals surface area contributed by atoms with E-state index in [2.05, 4.69) is 4.98 Å². The molecule has 0 N–H and O–H groups in total. The Balaban J connectivity index is 2.08. The van der Waals surface area contributed by atoms with Crippen LogP contribution >= 0.6 is 0 Å². The van der Waals surface area contributed by atoms with E-state index in [0.29, 0.717) is 23.8 Å². The summed E-state index contributed by atoms with van der Waals surface area (Å²) in [7, 11) is 1.57. The van der Waals surface area contributed by atoms with Crippen LogP contribution in [0.25, 0.3) is 0 Å². The van der Waals surface area contributed by atoms with Crippen molar-refractivity contribution in [3.05, 3.63) is 53.7 Å².